The number of carboxylic acids is 1. The summed E-state index contributed by atoms with van der Waals surface area (Å²) in [6.07, 6.45) is 1.80. The molecule has 2 atom stereocenters. The molecule has 0 aliphatic carbocycles. The van der Waals surface area contributed by atoms with Crippen LogP contribution >= 0.6 is 15.9 Å². The van der Waals surface area contributed by atoms with Gasteiger partial charge < -0.3 is 15.2 Å². The summed E-state index contributed by atoms with van der Waals surface area (Å²) in [5.74, 6) is -1.02. The topological polar surface area (TPSA) is 77.8 Å². The fourth-order valence-corrected chi connectivity index (χ4v) is 4.76. The Morgan fingerprint density at radius 2 is 2.08 bits per heavy atom. The van der Waals surface area contributed by atoms with Gasteiger partial charge in [0, 0.05) is 20.6 Å². The average molecular weight is 412 g/mol. The molecule has 2 aromatic carbocycles. The van der Waals surface area contributed by atoms with E-state index in [0.717, 1.165) is 36.5 Å². The van der Waals surface area contributed by atoms with Gasteiger partial charge in [0.1, 0.15) is 17.6 Å². The second kappa shape index (κ2) is 5.30. The highest BCUT2D eigenvalue weighted by Crippen LogP contribution is 2.40. The van der Waals surface area contributed by atoms with E-state index in [0.29, 0.717) is 17.8 Å². The van der Waals surface area contributed by atoms with E-state index in [1.54, 1.807) is 0 Å². The number of hydrogen-bond donors (Lipinski definition) is 4. The van der Waals surface area contributed by atoms with Crippen molar-refractivity contribution in [1.29, 1.82) is 0 Å². The van der Waals surface area contributed by atoms with Crippen molar-refractivity contribution in [2.24, 2.45) is 0 Å². The van der Waals surface area contributed by atoms with E-state index in [4.69, 9.17) is 0 Å². The molecule has 0 amide bonds. The number of rotatable bonds is 2. The van der Waals surface area contributed by atoms with Crippen molar-refractivity contribution < 1.29 is 19.9 Å². The zero-order chi connectivity index (χ0) is 18.1. The quantitative estimate of drug-likeness (QED) is 0.501. The van der Waals surface area contributed by atoms with Crippen LogP contribution in [0.15, 0.2) is 46.9 Å². The van der Waals surface area contributed by atoms with Crippen LogP contribution in [0.25, 0.3) is 22.7 Å². The zero-order valence-corrected chi connectivity index (χ0v) is 15.3. The monoisotopic (exact) mass is 411 g/mol. The maximum absolute atomic E-state index is 11.6. The van der Waals surface area contributed by atoms with Crippen LogP contribution in [0.1, 0.15) is 12.0 Å². The summed E-state index contributed by atoms with van der Waals surface area (Å²) in [6.45, 7) is 0.671. The number of H-pyrrole nitrogens is 1. The van der Waals surface area contributed by atoms with Gasteiger partial charge in [-0.05, 0) is 30.3 Å². The number of para-hydroxylation sites is 1. The second-order valence-corrected chi connectivity index (χ2v) is 7.76. The lowest BCUT2D eigenvalue weighted by molar-refractivity contribution is -0.744. The largest absolute Gasteiger partial charge is 0.481 e. The first kappa shape index (κ1) is 15.8. The number of aromatic nitrogens is 1. The van der Waals surface area contributed by atoms with Crippen molar-refractivity contribution in [2.45, 2.75) is 12.0 Å². The lowest BCUT2D eigenvalue weighted by Gasteiger charge is -2.23. The summed E-state index contributed by atoms with van der Waals surface area (Å²) < 4.78 is 0.966. The molecule has 0 fully saturated rings. The molecule has 0 radical (unpaired) electrons. The van der Waals surface area contributed by atoms with Crippen molar-refractivity contribution in [2.75, 3.05) is 6.54 Å². The van der Waals surface area contributed by atoms with Gasteiger partial charge >= 0.3 is 5.97 Å². The molecule has 2 aliphatic rings. The van der Waals surface area contributed by atoms with E-state index in [9.17, 15) is 15.0 Å². The van der Waals surface area contributed by atoms with E-state index in [-0.39, 0.29) is 6.42 Å². The number of quaternary nitrogens is 1. The Morgan fingerprint density at radius 3 is 2.88 bits per heavy atom. The Kier molecular flexibility index (Phi) is 3.22. The van der Waals surface area contributed by atoms with Crippen molar-refractivity contribution in [3.8, 4) is 0 Å². The number of aliphatic carboxylic acids is 1. The van der Waals surface area contributed by atoms with Gasteiger partial charge in [-0.25, -0.2) is 0 Å². The number of nitrogens with one attached hydrogen (secondary N) is 2. The first-order valence-electron chi connectivity index (χ1n) is 8.41. The van der Waals surface area contributed by atoms with Crippen molar-refractivity contribution in [3.05, 3.63) is 63.1 Å². The Balaban J connectivity index is 1.92. The number of aromatic amines is 1. The maximum Gasteiger partial charge on any atom is 0.307 e. The molecular formula is C20H16BrN2O3+. The normalized spacial score (nSPS) is 23.3. The highest BCUT2D eigenvalue weighted by atomic mass is 79.9. The fraction of sp³-hybridized carbons (Fsp3) is 0.150. The number of carbonyl (C=O) groups is 1. The molecule has 2 unspecified atom stereocenters. The molecule has 5 nitrogen and oxygen atoms in total. The smallest absolute Gasteiger partial charge is 0.307 e. The van der Waals surface area contributed by atoms with Crippen molar-refractivity contribution in [1.82, 2.24) is 4.98 Å². The summed E-state index contributed by atoms with van der Waals surface area (Å²) in [4.78, 5) is 16.0. The van der Waals surface area contributed by atoms with Gasteiger partial charge in [0.25, 0.3) is 0 Å². The van der Waals surface area contributed by atoms with E-state index in [1.165, 1.54) is 0 Å². The fourth-order valence-electron chi connectivity index (χ4n) is 4.40. The minimum Gasteiger partial charge on any atom is -0.481 e. The molecule has 0 saturated carbocycles. The first-order chi connectivity index (χ1) is 12.5. The van der Waals surface area contributed by atoms with Gasteiger partial charge in [-0.1, -0.05) is 34.1 Å². The van der Waals surface area contributed by atoms with Crippen LogP contribution in [0.2, 0.25) is 0 Å². The van der Waals surface area contributed by atoms with Crippen LogP contribution in [0.5, 0.6) is 0 Å². The molecule has 2 aliphatic heterocycles. The number of carboxylic acid groups (broad SMARTS) is 1. The molecule has 0 spiro atoms. The van der Waals surface area contributed by atoms with Gasteiger partial charge in [0.2, 0.25) is 0 Å². The predicted molar refractivity (Wildman–Crippen MR) is 101 cm³/mol. The van der Waals surface area contributed by atoms with Gasteiger partial charge in [0.05, 0.1) is 12.0 Å². The molecule has 26 heavy (non-hydrogen) atoms. The first-order valence-corrected chi connectivity index (χ1v) is 9.21. The molecule has 4 N–H and O–H groups in total. The maximum atomic E-state index is 11.6. The SMILES string of the molecule is O=C(O)CC1(O)C2=c3[nH]c4cc(Br)ccc4c3=CC[NH+]2c2ccccc21. The summed E-state index contributed by atoms with van der Waals surface area (Å²) in [6, 6.07) is 13.6. The average Bonchev–Trinajstić information content (AvgIpc) is 3.08. The lowest BCUT2D eigenvalue weighted by atomic mass is 9.89. The summed E-state index contributed by atoms with van der Waals surface area (Å²) in [5, 5.41) is 23.9. The van der Waals surface area contributed by atoms with Crippen LogP contribution in [0, 0.1) is 0 Å². The van der Waals surface area contributed by atoms with E-state index < -0.39 is 11.6 Å². The Morgan fingerprint density at radius 1 is 1.27 bits per heavy atom. The van der Waals surface area contributed by atoms with Crippen molar-refractivity contribution >= 4 is 50.3 Å². The number of halogens is 1. The molecule has 3 aromatic rings. The van der Waals surface area contributed by atoms with Crippen LogP contribution in [-0.4, -0.2) is 27.7 Å². The van der Waals surface area contributed by atoms with E-state index in [2.05, 4.69) is 27.0 Å². The molecule has 0 bridgehead atoms. The Labute approximate surface area is 157 Å². The number of hydrogen-bond acceptors (Lipinski definition) is 2. The van der Waals surface area contributed by atoms with Crippen LogP contribution in [0.4, 0.5) is 5.69 Å². The van der Waals surface area contributed by atoms with Crippen LogP contribution < -0.4 is 15.5 Å². The van der Waals surface area contributed by atoms with Crippen LogP contribution in [-0.2, 0) is 10.4 Å². The van der Waals surface area contributed by atoms with Gasteiger partial charge in [-0.3, -0.25) is 9.69 Å². The molecule has 1 aromatic heterocycles. The number of aliphatic hydroxyl groups is 1. The third kappa shape index (κ3) is 2.00. The minimum absolute atomic E-state index is 0.360. The highest BCUT2D eigenvalue weighted by Gasteiger charge is 2.53. The van der Waals surface area contributed by atoms with Gasteiger partial charge in [-0.2, -0.15) is 0 Å². The molecule has 130 valence electrons. The number of fused-ring (bicyclic) bond motifs is 6. The molecule has 6 heteroatoms. The second-order valence-electron chi connectivity index (χ2n) is 6.84. The lowest BCUT2D eigenvalue weighted by Crippen LogP contribution is -3.05. The van der Waals surface area contributed by atoms with Gasteiger partial charge in [-0.15, -0.1) is 0 Å². The Hall–Kier alpha value is -2.41. The van der Waals surface area contributed by atoms with Gasteiger partial charge in [0.15, 0.2) is 11.3 Å². The summed E-state index contributed by atoms with van der Waals surface area (Å²) in [7, 11) is 0. The standard InChI is InChI=1S/C20H15BrN2O3/c21-11-5-6-12-13-7-8-23-16-4-2-1-3-14(16)20(26,10-17(24)25)19(23)18(13)22-15(12)9-11/h1-7,9,22,26H,8,10H2,(H,24,25)/p+1. The predicted octanol–water partition coefficient (Wildman–Crippen LogP) is 0.725. The zero-order valence-electron chi connectivity index (χ0n) is 13.7. The van der Waals surface area contributed by atoms with Crippen LogP contribution in [0.3, 0.4) is 0 Å². The molecule has 5 rings (SSSR count). The third-order valence-corrected chi connectivity index (χ3v) is 5.87. The molecular weight excluding hydrogens is 396 g/mol. The van der Waals surface area contributed by atoms with E-state index in [1.807, 2.05) is 42.5 Å². The highest BCUT2D eigenvalue weighted by molar-refractivity contribution is 9.10. The van der Waals surface area contributed by atoms with Crippen molar-refractivity contribution in [3.63, 3.8) is 0 Å². The molecule has 0 saturated heterocycles. The third-order valence-electron chi connectivity index (χ3n) is 5.38. The number of benzene rings is 2. The van der Waals surface area contributed by atoms with E-state index >= 15 is 0 Å². The summed E-state index contributed by atoms with van der Waals surface area (Å²) in [5.41, 5.74) is 1.74. The summed E-state index contributed by atoms with van der Waals surface area (Å²) >= 11 is 3.49. The Bertz CT molecular complexity index is 1210. The molecule has 3 heterocycles. The minimum atomic E-state index is -1.53.